The Balaban J connectivity index is 2.20. The fourth-order valence-electron chi connectivity index (χ4n) is 2.13. The third-order valence-electron chi connectivity index (χ3n) is 3.17. The Bertz CT molecular complexity index is 788. The van der Waals surface area contributed by atoms with Crippen LogP contribution in [0, 0.1) is 13.8 Å². The average molecular weight is 330 g/mol. The SMILES string of the molecule is Cc1cc(=O)c(C(=O)Nc2ccc(SC(C)(C)C)cc2C)c[nH]1. The van der Waals surface area contributed by atoms with Crippen LogP contribution in [0.5, 0.6) is 0 Å². The van der Waals surface area contributed by atoms with Gasteiger partial charge in [0.2, 0.25) is 0 Å². The first-order valence-corrected chi connectivity index (χ1v) is 8.28. The van der Waals surface area contributed by atoms with E-state index in [2.05, 4.69) is 31.1 Å². The van der Waals surface area contributed by atoms with Crippen LogP contribution in [-0.2, 0) is 0 Å². The molecule has 0 spiro atoms. The maximum absolute atomic E-state index is 12.3. The fourth-order valence-corrected chi connectivity index (χ4v) is 3.21. The lowest BCUT2D eigenvalue weighted by Crippen LogP contribution is -2.22. The van der Waals surface area contributed by atoms with Gasteiger partial charge >= 0.3 is 0 Å². The summed E-state index contributed by atoms with van der Waals surface area (Å²) in [5.41, 5.74) is 2.25. The van der Waals surface area contributed by atoms with Crippen LogP contribution in [0.2, 0.25) is 0 Å². The number of hydrogen-bond acceptors (Lipinski definition) is 3. The molecule has 2 rings (SSSR count). The van der Waals surface area contributed by atoms with Crippen LogP contribution >= 0.6 is 11.8 Å². The van der Waals surface area contributed by atoms with Crippen molar-refractivity contribution in [2.24, 2.45) is 0 Å². The lowest BCUT2D eigenvalue weighted by molar-refractivity contribution is 0.102. The second-order valence-electron chi connectivity index (χ2n) is 6.54. The van der Waals surface area contributed by atoms with Gasteiger partial charge in [-0.1, -0.05) is 20.8 Å². The monoisotopic (exact) mass is 330 g/mol. The van der Waals surface area contributed by atoms with E-state index in [0.717, 1.165) is 16.2 Å². The summed E-state index contributed by atoms with van der Waals surface area (Å²) in [5.74, 6) is -0.398. The molecule has 1 heterocycles. The Morgan fingerprint density at radius 3 is 2.43 bits per heavy atom. The minimum absolute atomic E-state index is 0.114. The van der Waals surface area contributed by atoms with Crippen LogP contribution in [0.15, 0.2) is 40.2 Å². The standard InChI is InChI=1S/C18H22N2O2S/c1-11-8-13(23-18(3,4)5)6-7-15(11)20-17(22)14-10-19-12(2)9-16(14)21/h6-10H,1-5H3,(H,19,21)(H,20,22). The zero-order valence-electron chi connectivity index (χ0n) is 14.1. The molecule has 1 aromatic heterocycles. The molecule has 0 fully saturated rings. The van der Waals surface area contributed by atoms with Gasteiger partial charge in [-0.3, -0.25) is 9.59 Å². The predicted octanol–water partition coefficient (Wildman–Crippen LogP) is 4.13. The van der Waals surface area contributed by atoms with Gasteiger partial charge in [-0.15, -0.1) is 11.8 Å². The quantitative estimate of drug-likeness (QED) is 0.832. The summed E-state index contributed by atoms with van der Waals surface area (Å²) in [4.78, 5) is 28.2. The van der Waals surface area contributed by atoms with Crippen molar-refractivity contribution in [3.63, 3.8) is 0 Å². The second-order valence-corrected chi connectivity index (χ2v) is 8.44. The van der Waals surface area contributed by atoms with Crippen molar-refractivity contribution in [1.29, 1.82) is 0 Å². The van der Waals surface area contributed by atoms with Gasteiger partial charge in [0.05, 0.1) is 0 Å². The number of nitrogens with one attached hydrogen (secondary N) is 2. The summed E-state index contributed by atoms with van der Waals surface area (Å²) in [6.45, 7) is 10.2. The van der Waals surface area contributed by atoms with Crippen molar-refractivity contribution in [2.75, 3.05) is 5.32 Å². The first-order valence-electron chi connectivity index (χ1n) is 7.46. The first-order chi connectivity index (χ1) is 10.7. The number of aromatic amines is 1. The number of amides is 1. The zero-order valence-corrected chi connectivity index (χ0v) is 14.9. The smallest absolute Gasteiger partial charge is 0.261 e. The van der Waals surface area contributed by atoms with E-state index < -0.39 is 5.91 Å². The van der Waals surface area contributed by atoms with Crippen LogP contribution < -0.4 is 10.7 Å². The van der Waals surface area contributed by atoms with E-state index in [9.17, 15) is 9.59 Å². The molecule has 2 aromatic rings. The predicted molar refractivity (Wildman–Crippen MR) is 96.5 cm³/mol. The highest BCUT2D eigenvalue weighted by Gasteiger charge is 2.14. The maximum atomic E-state index is 12.3. The molecule has 0 unspecified atom stereocenters. The highest BCUT2D eigenvalue weighted by Crippen LogP contribution is 2.33. The van der Waals surface area contributed by atoms with Gasteiger partial charge < -0.3 is 10.3 Å². The van der Waals surface area contributed by atoms with E-state index in [0.29, 0.717) is 5.69 Å². The summed E-state index contributed by atoms with van der Waals surface area (Å²) >= 11 is 1.78. The van der Waals surface area contributed by atoms with E-state index in [1.807, 2.05) is 25.1 Å². The number of H-pyrrole nitrogens is 1. The van der Waals surface area contributed by atoms with Crippen molar-refractivity contribution < 1.29 is 4.79 Å². The number of rotatable bonds is 3. The average Bonchev–Trinajstić information content (AvgIpc) is 2.40. The van der Waals surface area contributed by atoms with Gasteiger partial charge in [0.15, 0.2) is 5.43 Å². The molecule has 2 N–H and O–H groups in total. The molecule has 5 heteroatoms. The Labute approximate surface area is 140 Å². The normalized spacial score (nSPS) is 11.3. The fraction of sp³-hybridized carbons (Fsp3) is 0.333. The van der Waals surface area contributed by atoms with Crippen molar-refractivity contribution >= 4 is 23.4 Å². The zero-order chi connectivity index (χ0) is 17.2. The number of hydrogen-bond donors (Lipinski definition) is 2. The molecular weight excluding hydrogens is 308 g/mol. The molecule has 122 valence electrons. The van der Waals surface area contributed by atoms with E-state index in [4.69, 9.17) is 0 Å². The number of carbonyl (C=O) groups excluding carboxylic acids is 1. The summed E-state index contributed by atoms with van der Waals surface area (Å²) in [5, 5.41) is 2.81. The maximum Gasteiger partial charge on any atom is 0.261 e. The highest BCUT2D eigenvalue weighted by atomic mass is 32.2. The number of aromatic nitrogens is 1. The molecule has 0 saturated heterocycles. The molecule has 23 heavy (non-hydrogen) atoms. The molecule has 0 aliphatic carbocycles. The lowest BCUT2D eigenvalue weighted by Gasteiger charge is -2.18. The number of anilines is 1. The molecule has 0 aliphatic rings. The van der Waals surface area contributed by atoms with Gasteiger partial charge in [-0.05, 0) is 37.6 Å². The topological polar surface area (TPSA) is 62.0 Å². The van der Waals surface area contributed by atoms with Crippen LogP contribution in [-0.4, -0.2) is 15.6 Å². The Morgan fingerprint density at radius 1 is 1.17 bits per heavy atom. The van der Waals surface area contributed by atoms with Crippen molar-refractivity contribution in [2.45, 2.75) is 44.3 Å². The Hall–Kier alpha value is -2.01. The van der Waals surface area contributed by atoms with Gasteiger partial charge in [0.1, 0.15) is 5.56 Å². The van der Waals surface area contributed by atoms with Crippen molar-refractivity contribution in [3.8, 4) is 0 Å². The van der Waals surface area contributed by atoms with E-state index >= 15 is 0 Å². The van der Waals surface area contributed by atoms with Crippen LogP contribution in [0.3, 0.4) is 0 Å². The number of benzene rings is 1. The minimum atomic E-state index is -0.398. The summed E-state index contributed by atoms with van der Waals surface area (Å²) in [6, 6.07) is 7.33. The third kappa shape index (κ3) is 4.73. The van der Waals surface area contributed by atoms with Gasteiger partial charge in [0.25, 0.3) is 5.91 Å². The molecule has 4 nitrogen and oxygen atoms in total. The van der Waals surface area contributed by atoms with E-state index in [-0.39, 0.29) is 15.7 Å². The first kappa shape index (κ1) is 17.3. The molecule has 0 atom stereocenters. The highest BCUT2D eigenvalue weighted by molar-refractivity contribution is 8.00. The number of aryl methyl sites for hydroxylation is 2. The molecule has 0 bridgehead atoms. The van der Waals surface area contributed by atoms with Crippen LogP contribution in [0.1, 0.15) is 42.4 Å². The molecule has 1 aromatic carbocycles. The van der Waals surface area contributed by atoms with E-state index in [1.165, 1.54) is 12.3 Å². The summed E-state index contributed by atoms with van der Waals surface area (Å²) in [6.07, 6.45) is 1.45. The molecule has 0 radical (unpaired) electrons. The van der Waals surface area contributed by atoms with Gasteiger partial charge in [-0.2, -0.15) is 0 Å². The number of pyridine rings is 1. The lowest BCUT2D eigenvalue weighted by atomic mass is 10.2. The molecule has 1 amide bonds. The third-order valence-corrected chi connectivity index (χ3v) is 4.27. The molecular formula is C18H22N2O2S. The van der Waals surface area contributed by atoms with Gasteiger partial charge in [-0.25, -0.2) is 0 Å². The minimum Gasteiger partial charge on any atom is -0.364 e. The number of carbonyl (C=O) groups is 1. The van der Waals surface area contributed by atoms with Crippen molar-refractivity contribution in [1.82, 2.24) is 4.98 Å². The summed E-state index contributed by atoms with van der Waals surface area (Å²) in [7, 11) is 0. The van der Waals surface area contributed by atoms with Crippen LogP contribution in [0.4, 0.5) is 5.69 Å². The van der Waals surface area contributed by atoms with Gasteiger partial charge in [0, 0.05) is 33.3 Å². The largest absolute Gasteiger partial charge is 0.364 e. The Kier molecular flexibility index (Phi) is 5.00. The van der Waals surface area contributed by atoms with Crippen LogP contribution in [0.25, 0.3) is 0 Å². The van der Waals surface area contributed by atoms with Crippen molar-refractivity contribution in [3.05, 3.63) is 57.5 Å². The summed E-state index contributed by atoms with van der Waals surface area (Å²) < 4.78 is 0.131. The second kappa shape index (κ2) is 6.62. The van der Waals surface area contributed by atoms with E-state index in [1.54, 1.807) is 18.7 Å². The number of thioether (sulfide) groups is 1. The Morgan fingerprint density at radius 2 is 1.87 bits per heavy atom. The molecule has 0 saturated carbocycles. The molecule has 0 aliphatic heterocycles.